The summed E-state index contributed by atoms with van der Waals surface area (Å²) in [6, 6.07) is 3.13. The van der Waals surface area contributed by atoms with Gasteiger partial charge in [0.1, 0.15) is 4.21 Å². The number of hydrogen-bond donors (Lipinski definition) is 3. The molecule has 0 saturated heterocycles. The summed E-state index contributed by atoms with van der Waals surface area (Å²) in [5, 5.41) is 4.27. The molecule has 0 aromatic carbocycles. The maximum Gasteiger partial charge on any atom is 0.250 e. The van der Waals surface area contributed by atoms with Crippen LogP contribution in [0.2, 0.25) is 0 Å². The van der Waals surface area contributed by atoms with Crippen molar-refractivity contribution in [2.24, 2.45) is 11.7 Å². The minimum Gasteiger partial charge on any atom is -0.355 e. The van der Waals surface area contributed by atoms with Gasteiger partial charge in [-0.15, -0.1) is 11.3 Å². The Bertz CT molecular complexity index is 471. The van der Waals surface area contributed by atoms with Crippen molar-refractivity contribution in [3.8, 4) is 0 Å². The molecule has 1 rings (SSSR count). The van der Waals surface area contributed by atoms with Gasteiger partial charge in [-0.05, 0) is 23.9 Å². The van der Waals surface area contributed by atoms with E-state index in [1.54, 1.807) is 11.4 Å². The van der Waals surface area contributed by atoms with Crippen LogP contribution < -0.4 is 15.8 Å². The first-order valence-corrected chi connectivity index (χ1v) is 7.82. The number of amides is 1. The third-order valence-corrected chi connectivity index (χ3v) is 5.03. The van der Waals surface area contributed by atoms with Crippen LogP contribution in [0, 0.1) is 5.92 Å². The predicted octanol–water partition coefficient (Wildman–Crippen LogP) is -0.263. The number of rotatable bonds is 7. The highest BCUT2D eigenvalue weighted by Crippen LogP contribution is 2.14. The van der Waals surface area contributed by atoms with E-state index in [4.69, 9.17) is 5.73 Å². The standard InChI is InChI=1S/C10H17N3O3S2/c1-8(5-11)6-12-9(14)7-13-18(15,16)10-3-2-4-17-10/h2-4,8,13H,5-7,11H2,1H3,(H,12,14). The van der Waals surface area contributed by atoms with E-state index in [-0.39, 0.29) is 22.6 Å². The monoisotopic (exact) mass is 291 g/mol. The summed E-state index contributed by atoms with van der Waals surface area (Å²) in [6.45, 7) is 2.55. The molecule has 0 fully saturated rings. The quantitative estimate of drug-likeness (QED) is 0.644. The number of carbonyl (C=O) groups is 1. The first kappa shape index (κ1) is 15.1. The van der Waals surface area contributed by atoms with Crippen LogP contribution in [0.5, 0.6) is 0 Å². The predicted molar refractivity (Wildman–Crippen MR) is 70.7 cm³/mol. The van der Waals surface area contributed by atoms with Gasteiger partial charge in [-0.25, -0.2) is 13.1 Å². The highest BCUT2D eigenvalue weighted by Gasteiger charge is 2.16. The number of nitrogens with two attached hydrogens (primary N) is 1. The van der Waals surface area contributed by atoms with Gasteiger partial charge < -0.3 is 11.1 Å². The van der Waals surface area contributed by atoms with E-state index in [1.807, 2.05) is 6.92 Å². The smallest absolute Gasteiger partial charge is 0.250 e. The van der Waals surface area contributed by atoms with Crippen molar-refractivity contribution in [3.63, 3.8) is 0 Å². The molecule has 0 aliphatic heterocycles. The molecular weight excluding hydrogens is 274 g/mol. The van der Waals surface area contributed by atoms with Crippen LogP contribution in [0.1, 0.15) is 6.92 Å². The van der Waals surface area contributed by atoms with Gasteiger partial charge in [0.2, 0.25) is 5.91 Å². The van der Waals surface area contributed by atoms with Gasteiger partial charge in [0.25, 0.3) is 10.0 Å². The van der Waals surface area contributed by atoms with Gasteiger partial charge in [-0.2, -0.15) is 0 Å². The molecule has 1 atom stereocenters. The topological polar surface area (TPSA) is 101 Å². The summed E-state index contributed by atoms with van der Waals surface area (Å²) >= 11 is 1.10. The molecule has 0 bridgehead atoms. The van der Waals surface area contributed by atoms with Crippen molar-refractivity contribution in [2.45, 2.75) is 11.1 Å². The van der Waals surface area contributed by atoms with Crippen molar-refractivity contribution in [1.29, 1.82) is 0 Å². The molecule has 0 spiro atoms. The second kappa shape index (κ2) is 6.83. The van der Waals surface area contributed by atoms with E-state index in [0.29, 0.717) is 13.1 Å². The molecule has 102 valence electrons. The molecule has 8 heteroatoms. The number of nitrogens with one attached hydrogen (secondary N) is 2. The summed E-state index contributed by atoms with van der Waals surface area (Å²) in [7, 11) is -3.57. The molecule has 0 radical (unpaired) electrons. The molecule has 4 N–H and O–H groups in total. The SMILES string of the molecule is CC(CN)CNC(=O)CNS(=O)(=O)c1cccs1. The molecule has 0 aliphatic rings. The summed E-state index contributed by atoms with van der Waals surface area (Å²) in [5.41, 5.74) is 5.40. The Morgan fingerprint density at radius 2 is 2.28 bits per heavy atom. The number of hydrogen-bond acceptors (Lipinski definition) is 5. The zero-order valence-corrected chi connectivity index (χ0v) is 11.7. The minimum absolute atomic E-state index is 0.169. The number of carbonyl (C=O) groups excluding carboxylic acids is 1. The lowest BCUT2D eigenvalue weighted by Crippen LogP contribution is -2.39. The lowest BCUT2D eigenvalue weighted by molar-refractivity contribution is -0.120. The third kappa shape index (κ3) is 4.73. The molecule has 1 aromatic heterocycles. The maximum absolute atomic E-state index is 11.7. The fourth-order valence-electron chi connectivity index (χ4n) is 1.08. The molecule has 6 nitrogen and oxygen atoms in total. The molecule has 0 saturated carbocycles. The largest absolute Gasteiger partial charge is 0.355 e. The molecule has 1 heterocycles. The Balaban J connectivity index is 2.39. The summed E-state index contributed by atoms with van der Waals surface area (Å²) < 4.78 is 25.8. The molecular formula is C10H17N3O3S2. The van der Waals surface area contributed by atoms with Crippen LogP contribution in [0.4, 0.5) is 0 Å². The summed E-state index contributed by atoms with van der Waals surface area (Å²) in [6.07, 6.45) is 0. The van der Waals surface area contributed by atoms with E-state index >= 15 is 0 Å². The van der Waals surface area contributed by atoms with Gasteiger partial charge in [0, 0.05) is 6.54 Å². The summed E-state index contributed by atoms with van der Waals surface area (Å²) in [4.78, 5) is 11.4. The van der Waals surface area contributed by atoms with Gasteiger partial charge in [-0.3, -0.25) is 4.79 Å². The van der Waals surface area contributed by atoms with Crippen LogP contribution in [0.3, 0.4) is 0 Å². The van der Waals surface area contributed by atoms with Gasteiger partial charge >= 0.3 is 0 Å². The lowest BCUT2D eigenvalue weighted by Gasteiger charge is -2.10. The highest BCUT2D eigenvalue weighted by molar-refractivity contribution is 7.91. The Morgan fingerprint density at radius 3 is 2.83 bits per heavy atom. The summed E-state index contributed by atoms with van der Waals surface area (Å²) in [5.74, 6) is -0.196. The molecule has 0 aliphatic carbocycles. The van der Waals surface area contributed by atoms with Gasteiger partial charge in [0.15, 0.2) is 0 Å². The highest BCUT2D eigenvalue weighted by atomic mass is 32.2. The third-order valence-electron chi connectivity index (χ3n) is 2.23. The fraction of sp³-hybridized carbons (Fsp3) is 0.500. The average Bonchev–Trinajstić information content (AvgIpc) is 2.88. The average molecular weight is 291 g/mol. The second-order valence-electron chi connectivity index (χ2n) is 3.90. The van der Waals surface area contributed by atoms with Crippen LogP contribution >= 0.6 is 11.3 Å². The first-order valence-electron chi connectivity index (χ1n) is 5.45. The van der Waals surface area contributed by atoms with Crippen molar-refractivity contribution >= 4 is 27.3 Å². The van der Waals surface area contributed by atoms with Crippen molar-refractivity contribution in [2.75, 3.05) is 19.6 Å². The van der Waals surface area contributed by atoms with Crippen molar-refractivity contribution in [3.05, 3.63) is 17.5 Å². The van der Waals surface area contributed by atoms with E-state index in [2.05, 4.69) is 10.0 Å². The number of thiophene rings is 1. The first-order chi connectivity index (χ1) is 8.45. The van der Waals surface area contributed by atoms with E-state index in [1.165, 1.54) is 6.07 Å². The van der Waals surface area contributed by atoms with Crippen molar-refractivity contribution < 1.29 is 13.2 Å². The van der Waals surface area contributed by atoms with E-state index in [0.717, 1.165) is 11.3 Å². The van der Waals surface area contributed by atoms with Crippen molar-refractivity contribution in [1.82, 2.24) is 10.0 Å². The zero-order chi connectivity index (χ0) is 13.6. The second-order valence-corrected chi connectivity index (χ2v) is 6.84. The fourth-order valence-corrected chi connectivity index (χ4v) is 3.10. The number of sulfonamides is 1. The minimum atomic E-state index is -3.57. The Labute approximate surface area is 111 Å². The van der Waals surface area contributed by atoms with Crippen LogP contribution in [0.25, 0.3) is 0 Å². The van der Waals surface area contributed by atoms with Crippen LogP contribution in [-0.4, -0.2) is 34.0 Å². The molecule has 1 aromatic rings. The Hall–Kier alpha value is -0.960. The zero-order valence-electron chi connectivity index (χ0n) is 10.0. The molecule has 1 unspecified atom stereocenters. The van der Waals surface area contributed by atoms with E-state index < -0.39 is 10.0 Å². The van der Waals surface area contributed by atoms with Gasteiger partial charge in [0.05, 0.1) is 6.54 Å². The van der Waals surface area contributed by atoms with Gasteiger partial charge in [-0.1, -0.05) is 13.0 Å². The van der Waals surface area contributed by atoms with Crippen LogP contribution in [0.15, 0.2) is 21.7 Å². The van der Waals surface area contributed by atoms with Crippen LogP contribution in [-0.2, 0) is 14.8 Å². The lowest BCUT2D eigenvalue weighted by atomic mass is 10.2. The molecule has 1 amide bonds. The molecule has 18 heavy (non-hydrogen) atoms. The Kier molecular flexibility index (Phi) is 5.73. The van der Waals surface area contributed by atoms with E-state index in [9.17, 15) is 13.2 Å². The normalized spacial score (nSPS) is 13.2. The maximum atomic E-state index is 11.7. The Morgan fingerprint density at radius 1 is 1.56 bits per heavy atom.